The number of ether oxygens (including phenoxy) is 1. The molecule has 0 aliphatic carbocycles. The van der Waals surface area contributed by atoms with Gasteiger partial charge in [0.05, 0.1) is 25.5 Å². The first kappa shape index (κ1) is 13.5. The van der Waals surface area contributed by atoms with E-state index in [0.29, 0.717) is 13.1 Å². The molecule has 0 aliphatic rings. The highest BCUT2D eigenvalue weighted by molar-refractivity contribution is 5.29. The minimum absolute atomic E-state index is 0.246. The lowest BCUT2D eigenvalue weighted by Crippen LogP contribution is -2.11. The van der Waals surface area contributed by atoms with Crippen molar-refractivity contribution in [2.75, 3.05) is 13.7 Å². The van der Waals surface area contributed by atoms with Gasteiger partial charge in [-0.2, -0.15) is 0 Å². The number of aromatic nitrogens is 3. The summed E-state index contributed by atoms with van der Waals surface area (Å²) in [5.74, 6) is -0.122. The van der Waals surface area contributed by atoms with Crippen molar-refractivity contribution in [2.45, 2.75) is 20.0 Å². The number of benzene rings is 1. The fourth-order valence-electron chi connectivity index (χ4n) is 1.75. The first-order valence-corrected chi connectivity index (χ1v) is 6.15. The highest BCUT2D eigenvalue weighted by atomic mass is 19.1. The molecule has 1 N–H and O–H groups in total. The van der Waals surface area contributed by atoms with Gasteiger partial charge in [0.2, 0.25) is 0 Å². The van der Waals surface area contributed by atoms with Gasteiger partial charge < -0.3 is 10.1 Å². The van der Waals surface area contributed by atoms with Crippen LogP contribution in [0.3, 0.4) is 0 Å². The second-order valence-electron chi connectivity index (χ2n) is 4.16. The van der Waals surface area contributed by atoms with E-state index >= 15 is 0 Å². The molecule has 6 heteroatoms. The zero-order valence-electron chi connectivity index (χ0n) is 11.1. The number of hydrogen-bond acceptors (Lipinski definition) is 4. The van der Waals surface area contributed by atoms with Gasteiger partial charge in [-0.3, -0.25) is 0 Å². The average molecular weight is 264 g/mol. The lowest BCUT2D eigenvalue weighted by Gasteiger charge is -2.04. The summed E-state index contributed by atoms with van der Waals surface area (Å²) in [5.41, 5.74) is 1.69. The molecular weight excluding hydrogens is 247 g/mol. The lowest BCUT2D eigenvalue weighted by atomic mass is 10.2. The van der Waals surface area contributed by atoms with Crippen molar-refractivity contribution in [3.05, 3.63) is 41.5 Å². The van der Waals surface area contributed by atoms with E-state index < -0.39 is 0 Å². The zero-order valence-corrected chi connectivity index (χ0v) is 11.1. The minimum Gasteiger partial charge on any atom is -0.494 e. The van der Waals surface area contributed by atoms with Gasteiger partial charge in [-0.15, -0.1) is 5.10 Å². The van der Waals surface area contributed by atoms with Gasteiger partial charge in [-0.1, -0.05) is 18.2 Å². The molecule has 19 heavy (non-hydrogen) atoms. The van der Waals surface area contributed by atoms with E-state index in [1.807, 2.05) is 19.2 Å². The van der Waals surface area contributed by atoms with Crippen LogP contribution in [0.1, 0.15) is 18.2 Å². The summed E-state index contributed by atoms with van der Waals surface area (Å²) in [4.78, 5) is 0. The van der Waals surface area contributed by atoms with Crippen LogP contribution in [-0.2, 0) is 13.1 Å². The predicted octanol–water partition coefficient (Wildman–Crippen LogP) is 1.58. The number of nitrogens with one attached hydrogen (secondary N) is 1. The van der Waals surface area contributed by atoms with Crippen molar-refractivity contribution >= 4 is 0 Å². The van der Waals surface area contributed by atoms with Gasteiger partial charge >= 0.3 is 0 Å². The third-order valence-corrected chi connectivity index (χ3v) is 2.70. The Labute approximate surface area is 111 Å². The number of rotatable bonds is 6. The number of nitrogens with zero attached hydrogens (tertiary/aromatic N) is 3. The first-order chi connectivity index (χ1) is 9.22. The molecule has 1 heterocycles. The Morgan fingerprint density at radius 1 is 1.42 bits per heavy atom. The normalized spacial score (nSPS) is 10.7. The Balaban J connectivity index is 2.04. The molecule has 2 rings (SSSR count). The summed E-state index contributed by atoms with van der Waals surface area (Å²) < 4.78 is 20.1. The molecule has 0 radical (unpaired) electrons. The molecular formula is C13H17FN4O. The highest BCUT2D eigenvalue weighted by Gasteiger charge is 2.05. The minimum atomic E-state index is -0.368. The predicted molar refractivity (Wildman–Crippen MR) is 69.5 cm³/mol. The summed E-state index contributed by atoms with van der Waals surface area (Å²) in [7, 11) is 1.45. The summed E-state index contributed by atoms with van der Waals surface area (Å²) in [6, 6.07) is 4.87. The van der Waals surface area contributed by atoms with E-state index in [4.69, 9.17) is 4.74 Å². The van der Waals surface area contributed by atoms with Gasteiger partial charge in [0, 0.05) is 6.54 Å². The van der Waals surface area contributed by atoms with E-state index in [1.165, 1.54) is 13.2 Å². The number of hydrogen-bond donors (Lipinski definition) is 1. The van der Waals surface area contributed by atoms with Gasteiger partial charge in [-0.05, 0) is 24.2 Å². The molecule has 0 aliphatic heterocycles. The van der Waals surface area contributed by atoms with Crippen molar-refractivity contribution < 1.29 is 9.13 Å². The molecule has 5 nitrogen and oxygen atoms in total. The average Bonchev–Trinajstić information content (AvgIpc) is 2.84. The van der Waals surface area contributed by atoms with E-state index in [2.05, 4.69) is 15.6 Å². The molecule has 0 atom stereocenters. The number of methoxy groups -OCH3 is 1. The zero-order chi connectivity index (χ0) is 13.7. The Morgan fingerprint density at radius 3 is 2.95 bits per heavy atom. The van der Waals surface area contributed by atoms with Gasteiger partial charge in [0.15, 0.2) is 11.6 Å². The van der Waals surface area contributed by atoms with E-state index in [-0.39, 0.29) is 11.6 Å². The Kier molecular flexibility index (Phi) is 4.46. The van der Waals surface area contributed by atoms with Crippen LogP contribution in [0.15, 0.2) is 24.4 Å². The fraction of sp³-hybridized carbons (Fsp3) is 0.385. The van der Waals surface area contributed by atoms with Crippen LogP contribution < -0.4 is 10.1 Å². The molecule has 1 aromatic heterocycles. The maximum Gasteiger partial charge on any atom is 0.165 e. The van der Waals surface area contributed by atoms with E-state index in [0.717, 1.165) is 17.8 Å². The van der Waals surface area contributed by atoms with Crippen molar-refractivity contribution in [1.29, 1.82) is 0 Å². The second-order valence-corrected chi connectivity index (χ2v) is 4.16. The van der Waals surface area contributed by atoms with Crippen LogP contribution in [-0.4, -0.2) is 28.6 Å². The second kappa shape index (κ2) is 6.29. The molecule has 0 amide bonds. The quantitative estimate of drug-likeness (QED) is 0.860. The molecule has 102 valence electrons. The molecule has 1 aromatic carbocycles. The van der Waals surface area contributed by atoms with E-state index in [9.17, 15) is 4.39 Å². The molecule has 0 fully saturated rings. The molecule has 0 saturated carbocycles. The Bertz CT molecular complexity index is 541. The summed E-state index contributed by atoms with van der Waals surface area (Å²) in [6.07, 6.45) is 1.85. The van der Waals surface area contributed by atoms with Crippen LogP contribution in [0.4, 0.5) is 4.39 Å². The molecule has 0 spiro atoms. The Hall–Kier alpha value is -1.95. The lowest BCUT2D eigenvalue weighted by molar-refractivity contribution is 0.386. The van der Waals surface area contributed by atoms with Gasteiger partial charge in [0.25, 0.3) is 0 Å². The van der Waals surface area contributed by atoms with Crippen LogP contribution in [0.25, 0.3) is 0 Å². The smallest absolute Gasteiger partial charge is 0.165 e. The van der Waals surface area contributed by atoms with Crippen molar-refractivity contribution in [3.8, 4) is 5.75 Å². The fourth-order valence-corrected chi connectivity index (χ4v) is 1.75. The van der Waals surface area contributed by atoms with E-state index in [1.54, 1.807) is 10.7 Å². The topological polar surface area (TPSA) is 52.0 Å². The van der Waals surface area contributed by atoms with Crippen LogP contribution in [0, 0.1) is 5.82 Å². The molecule has 0 saturated heterocycles. The van der Waals surface area contributed by atoms with Crippen LogP contribution >= 0.6 is 0 Å². The number of halogens is 1. The van der Waals surface area contributed by atoms with Gasteiger partial charge in [-0.25, -0.2) is 9.07 Å². The maximum atomic E-state index is 13.5. The molecule has 0 unspecified atom stereocenters. The highest BCUT2D eigenvalue weighted by Crippen LogP contribution is 2.18. The monoisotopic (exact) mass is 264 g/mol. The third kappa shape index (κ3) is 3.51. The summed E-state index contributed by atoms with van der Waals surface area (Å²) >= 11 is 0. The van der Waals surface area contributed by atoms with Gasteiger partial charge in [0.1, 0.15) is 0 Å². The van der Waals surface area contributed by atoms with Crippen LogP contribution in [0.2, 0.25) is 0 Å². The van der Waals surface area contributed by atoms with Crippen molar-refractivity contribution in [1.82, 2.24) is 20.3 Å². The first-order valence-electron chi connectivity index (χ1n) is 6.15. The molecule has 2 aromatic rings. The summed E-state index contributed by atoms with van der Waals surface area (Å²) in [6.45, 7) is 4.09. The largest absolute Gasteiger partial charge is 0.494 e. The van der Waals surface area contributed by atoms with Crippen molar-refractivity contribution in [3.63, 3.8) is 0 Å². The summed E-state index contributed by atoms with van der Waals surface area (Å²) in [5, 5.41) is 11.2. The van der Waals surface area contributed by atoms with Crippen molar-refractivity contribution in [2.24, 2.45) is 0 Å². The Morgan fingerprint density at radius 2 is 2.26 bits per heavy atom. The third-order valence-electron chi connectivity index (χ3n) is 2.70. The SMILES string of the molecule is CCNCc1cn(Cc2ccc(OC)c(F)c2)nn1. The standard InChI is InChI=1S/C13H17FN4O/c1-3-15-7-11-9-18(17-16-11)8-10-4-5-13(19-2)12(14)6-10/h4-6,9,15H,3,7-8H2,1-2H3. The maximum absolute atomic E-state index is 13.5. The van der Waals surface area contributed by atoms with Crippen LogP contribution in [0.5, 0.6) is 5.75 Å². The molecule has 0 bridgehead atoms.